The molecule has 4 aromatic rings. The van der Waals surface area contributed by atoms with E-state index in [0.717, 1.165) is 26.1 Å². The van der Waals surface area contributed by atoms with E-state index in [0.29, 0.717) is 36.0 Å². The molecule has 0 aliphatic carbocycles. The topological polar surface area (TPSA) is 84.9 Å². The number of urea groups is 1. The lowest BCUT2D eigenvalue weighted by Crippen LogP contribution is -2.54. The first-order valence-electron chi connectivity index (χ1n) is 12.5. The van der Waals surface area contributed by atoms with Crippen LogP contribution in [0.5, 0.6) is 11.5 Å². The summed E-state index contributed by atoms with van der Waals surface area (Å²) in [6, 6.07) is 28.7. The van der Waals surface area contributed by atoms with Gasteiger partial charge in [0.2, 0.25) is 0 Å². The van der Waals surface area contributed by atoms with Crippen molar-refractivity contribution in [3.05, 3.63) is 129 Å². The summed E-state index contributed by atoms with van der Waals surface area (Å²) in [4.78, 5) is 39.8. The average Bonchev–Trinajstić information content (AvgIpc) is 2.95. The molecule has 1 saturated heterocycles. The predicted octanol–water partition coefficient (Wildman–Crippen LogP) is 6.58. The SMILES string of the molecule is Cc1ccc(COc2ccc(Br)cc2/C=C2\C(=O)NC(=O)N(c3ccc(OCc4ccccc4)cc3)C2=O)cc1. The van der Waals surface area contributed by atoms with Crippen LogP contribution in [0.1, 0.15) is 22.3 Å². The number of ether oxygens (including phenoxy) is 2. The van der Waals surface area contributed by atoms with Gasteiger partial charge in [-0.3, -0.25) is 14.9 Å². The van der Waals surface area contributed by atoms with E-state index in [1.54, 1.807) is 36.4 Å². The van der Waals surface area contributed by atoms with Crippen LogP contribution < -0.4 is 19.7 Å². The van der Waals surface area contributed by atoms with Gasteiger partial charge < -0.3 is 9.47 Å². The van der Waals surface area contributed by atoms with Crippen molar-refractivity contribution in [2.45, 2.75) is 20.1 Å². The number of anilines is 1. The molecule has 0 spiro atoms. The van der Waals surface area contributed by atoms with Crippen LogP contribution in [0, 0.1) is 6.92 Å². The molecule has 5 rings (SSSR count). The van der Waals surface area contributed by atoms with E-state index in [2.05, 4.69) is 21.2 Å². The van der Waals surface area contributed by atoms with Gasteiger partial charge >= 0.3 is 6.03 Å². The van der Waals surface area contributed by atoms with Crippen LogP contribution in [-0.2, 0) is 22.8 Å². The molecule has 7 nitrogen and oxygen atoms in total. The molecule has 1 aliphatic rings. The maximum atomic E-state index is 13.4. The van der Waals surface area contributed by atoms with Gasteiger partial charge in [0.1, 0.15) is 30.3 Å². The minimum absolute atomic E-state index is 0.192. The first-order valence-corrected chi connectivity index (χ1v) is 13.3. The number of barbiturate groups is 1. The quantitative estimate of drug-likeness (QED) is 0.183. The van der Waals surface area contributed by atoms with E-state index < -0.39 is 17.8 Å². The van der Waals surface area contributed by atoms with E-state index in [1.807, 2.05) is 67.6 Å². The standard InChI is InChI=1S/C32H25BrN2O5/c1-21-7-9-23(10-8-21)20-40-29-16-11-25(33)17-24(29)18-28-30(36)34-32(38)35(31(28)37)26-12-14-27(15-13-26)39-19-22-5-3-2-4-6-22/h2-18H,19-20H2,1H3,(H,34,36,38)/b28-18+. The highest BCUT2D eigenvalue weighted by Crippen LogP contribution is 2.29. The molecule has 4 aromatic carbocycles. The number of rotatable bonds is 8. The summed E-state index contributed by atoms with van der Waals surface area (Å²) >= 11 is 3.44. The van der Waals surface area contributed by atoms with Gasteiger partial charge in [0.15, 0.2) is 0 Å². The van der Waals surface area contributed by atoms with Crippen molar-refractivity contribution in [1.29, 1.82) is 0 Å². The molecule has 0 bridgehead atoms. The minimum Gasteiger partial charge on any atom is -0.489 e. The summed E-state index contributed by atoms with van der Waals surface area (Å²) in [7, 11) is 0. The lowest BCUT2D eigenvalue weighted by molar-refractivity contribution is -0.122. The molecular weight excluding hydrogens is 572 g/mol. The summed E-state index contributed by atoms with van der Waals surface area (Å²) in [6.45, 7) is 2.70. The fourth-order valence-electron chi connectivity index (χ4n) is 4.09. The van der Waals surface area contributed by atoms with Crippen molar-refractivity contribution in [2.75, 3.05) is 4.90 Å². The Kier molecular flexibility index (Phi) is 8.07. The Labute approximate surface area is 240 Å². The van der Waals surface area contributed by atoms with Gasteiger partial charge in [0.05, 0.1) is 5.69 Å². The molecule has 0 unspecified atom stereocenters. The Balaban J connectivity index is 1.36. The third-order valence-electron chi connectivity index (χ3n) is 6.23. The number of hydrogen-bond acceptors (Lipinski definition) is 5. The number of carbonyl (C=O) groups is 3. The molecule has 40 heavy (non-hydrogen) atoms. The highest BCUT2D eigenvalue weighted by Gasteiger charge is 2.37. The lowest BCUT2D eigenvalue weighted by Gasteiger charge is -2.26. The molecule has 1 heterocycles. The van der Waals surface area contributed by atoms with Gasteiger partial charge in [-0.2, -0.15) is 0 Å². The molecule has 1 fully saturated rings. The Morgan fingerprint density at radius 3 is 2.20 bits per heavy atom. The Bertz CT molecular complexity index is 1580. The molecule has 4 amide bonds. The molecule has 0 atom stereocenters. The monoisotopic (exact) mass is 596 g/mol. The van der Waals surface area contributed by atoms with Crippen molar-refractivity contribution in [2.24, 2.45) is 0 Å². The van der Waals surface area contributed by atoms with E-state index in [9.17, 15) is 14.4 Å². The zero-order valence-electron chi connectivity index (χ0n) is 21.6. The zero-order chi connectivity index (χ0) is 28.1. The maximum Gasteiger partial charge on any atom is 0.335 e. The molecule has 0 saturated carbocycles. The predicted molar refractivity (Wildman–Crippen MR) is 156 cm³/mol. The molecule has 1 aliphatic heterocycles. The second-order valence-electron chi connectivity index (χ2n) is 9.18. The van der Waals surface area contributed by atoms with Crippen LogP contribution in [0.3, 0.4) is 0 Å². The molecule has 1 N–H and O–H groups in total. The summed E-state index contributed by atoms with van der Waals surface area (Å²) in [6.07, 6.45) is 1.43. The van der Waals surface area contributed by atoms with Crippen LogP contribution in [0.15, 0.2) is 107 Å². The van der Waals surface area contributed by atoms with E-state index in [4.69, 9.17) is 9.47 Å². The number of imide groups is 2. The number of benzene rings is 4. The normalized spacial score (nSPS) is 14.3. The second kappa shape index (κ2) is 12.0. The van der Waals surface area contributed by atoms with Crippen LogP contribution in [-0.4, -0.2) is 17.8 Å². The Morgan fingerprint density at radius 2 is 1.48 bits per heavy atom. The lowest BCUT2D eigenvalue weighted by atomic mass is 10.1. The van der Waals surface area contributed by atoms with Crippen LogP contribution in [0.25, 0.3) is 6.08 Å². The number of aryl methyl sites for hydroxylation is 1. The molecule has 8 heteroatoms. The van der Waals surface area contributed by atoms with Gasteiger partial charge in [0.25, 0.3) is 11.8 Å². The minimum atomic E-state index is -0.824. The first kappa shape index (κ1) is 26.9. The summed E-state index contributed by atoms with van der Waals surface area (Å²) in [5.74, 6) is -0.455. The number of amides is 4. The third kappa shape index (κ3) is 6.30. The third-order valence-corrected chi connectivity index (χ3v) is 6.72. The van der Waals surface area contributed by atoms with Gasteiger partial charge in [-0.05, 0) is 66.6 Å². The number of carbonyl (C=O) groups excluding carboxylic acids is 3. The number of nitrogens with one attached hydrogen (secondary N) is 1. The maximum absolute atomic E-state index is 13.4. The number of hydrogen-bond donors (Lipinski definition) is 1. The van der Waals surface area contributed by atoms with Crippen molar-refractivity contribution in [3.8, 4) is 11.5 Å². The van der Waals surface area contributed by atoms with Gasteiger partial charge in [-0.25, -0.2) is 9.69 Å². The highest BCUT2D eigenvalue weighted by molar-refractivity contribution is 9.10. The fraction of sp³-hybridized carbons (Fsp3) is 0.0938. The molecular formula is C32H25BrN2O5. The van der Waals surface area contributed by atoms with Gasteiger partial charge in [-0.15, -0.1) is 0 Å². The largest absolute Gasteiger partial charge is 0.489 e. The highest BCUT2D eigenvalue weighted by atomic mass is 79.9. The van der Waals surface area contributed by atoms with E-state index in [1.165, 1.54) is 6.08 Å². The molecule has 0 aromatic heterocycles. The summed E-state index contributed by atoms with van der Waals surface area (Å²) in [5.41, 5.74) is 3.76. The number of nitrogens with zero attached hydrogens (tertiary/aromatic N) is 1. The van der Waals surface area contributed by atoms with Gasteiger partial charge in [0, 0.05) is 10.0 Å². The van der Waals surface area contributed by atoms with Crippen molar-refractivity contribution >= 4 is 45.5 Å². The van der Waals surface area contributed by atoms with E-state index >= 15 is 0 Å². The summed E-state index contributed by atoms with van der Waals surface area (Å²) in [5, 5.41) is 2.26. The second-order valence-corrected chi connectivity index (χ2v) is 10.1. The number of halogens is 1. The van der Waals surface area contributed by atoms with Crippen LogP contribution >= 0.6 is 15.9 Å². The first-order chi connectivity index (χ1) is 19.4. The van der Waals surface area contributed by atoms with Gasteiger partial charge in [-0.1, -0.05) is 76.1 Å². The van der Waals surface area contributed by atoms with Crippen molar-refractivity contribution < 1.29 is 23.9 Å². The molecule has 0 radical (unpaired) electrons. The summed E-state index contributed by atoms with van der Waals surface area (Å²) < 4.78 is 12.6. The van der Waals surface area contributed by atoms with Crippen LogP contribution in [0.4, 0.5) is 10.5 Å². The van der Waals surface area contributed by atoms with E-state index in [-0.39, 0.29) is 5.57 Å². The van der Waals surface area contributed by atoms with Crippen molar-refractivity contribution in [3.63, 3.8) is 0 Å². The van der Waals surface area contributed by atoms with Crippen molar-refractivity contribution in [1.82, 2.24) is 5.32 Å². The Morgan fingerprint density at radius 1 is 0.800 bits per heavy atom. The smallest absolute Gasteiger partial charge is 0.335 e. The fourth-order valence-corrected chi connectivity index (χ4v) is 4.47. The van der Waals surface area contributed by atoms with Crippen LogP contribution in [0.2, 0.25) is 0 Å². The average molecular weight is 597 g/mol. The Hall–Kier alpha value is -4.69. The molecule has 200 valence electrons. The zero-order valence-corrected chi connectivity index (χ0v) is 23.2.